The fraction of sp³-hybridized carbons (Fsp3) is 0.609. The van der Waals surface area contributed by atoms with Gasteiger partial charge < -0.3 is 16.0 Å². The van der Waals surface area contributed by atoms with Gasteiger partial charge in [0, 0.05) is 29.6 Å². The Morgan fingerprint density at radius 3 is 2.32 bits per heavy atom. The number of nitrogens with two attached hydrogens (primary N) is 1. The van der Waals surface area contributed by atoms with E-state index in [1.165, 1.54) is 18.2 Å². The molecule has 0 spiro atoms. The lowest BCUT2D eigenvalue weighted by Crippen LogP contribution is -2.63. The molecule has 1 aromatic rings. The monoisotopic (exact) mass is 505 g/mol. The van der Waals surface area contributed by atoms with E-state index in [2.05, 4.69) is 15.2 Å². The van der Waals surface area contributed by atoms with Gasteiger partial charge in [-0.3, -0.25) is 19.5 Å². The SMILES string of the molecule is NC(=O)C1(N2CCCCC2)CCN(C(=O)c2ccc(NC3=NC4CS(=O)(=O)CC4S3)cc2)CC1. The van der Waals surface area contributed by atoms with Crippen LogP contribution in [0.4, 0.5) is 5.69 Å². The molecule has 0 bridgehead atoms. The maximum atomic E-state index is 13.1. The molecule has 0 aromatic heterocycles. The van der Waals surface area contributed by atoms with E-state index < -0.39 is 15.4 Å². The molecule has 9 nitrogen and oxygen atoms in total. The van der Waals surface area contributed by atoms with Crippen molar-refractivity contribution in [3.63, 3.8) is 0 Å². The molecule has 1 aromatic carbocycles. The average molecular weight is 506 g/mol. The van der Waals surface area contributed by atoms with Crippen LogP contribution in [0, 0.1) is 0 Å². The predicted octanol–water partition coefficient (Wildman–Crippen LogP) is 1.31. The topological polar surface area (TPSA) is 125 Å². The van der Waals surface area contributed by atoms with Gasteiger partial charge in [0.2, 0.25) is 5.91 Å². The molecule has 34 heavy (non-hydrogen) atoms. The van der Waals surface area contributed by atoms with Gasteiger partial charge in [-0.1, -0.05) is 18.2 Å². The largest absolute Gasteiger partial charge is 0.368 e. The summed E-state index contributed by atoms with van der Waals surface area (Å²) in [6, 6.07) is 7.09. The number of rotatable bonds is 4. The number of aliphatic imine (C=N–C) groups is 1. The van der Waals surface area contributed by atoms with Crippen molar-refractivity contribution < 1.29 is 18.0 Å². The van der Waals surface area contributed by atoms with Gasteiger partial charge in [0.1, 0.15) is 5.54 Å². The fourth-order valence-corrected chi connectivity index (χ4v) is 9.21. The highest BCUT2D eigenvalue weighted by Crippen LogP contribution is 2.35. The predicted molar refractivity (Wildman–Crippen MR) is 134 cm³/mol. The number of anilines is 1. The van der Waals surface area contributed by atoms with Crippen LogP contribution in [0.15, 0.2) is 29.3 Å². The van der Waals surface area contributed by atoms with Crippen LogP contribution in [0.1, 0.15) is 42.5 Å². The number of primary amides is 1. The molecule has 3 fully saturated rings. The number of nitrogens with zero attached hydrogens (tertiary/aromatic N) is 3. The van der Waals surface area contributed by atoms with Gasteiger partial charge in [-0.25, -0.2) is 8.42 Å². The number of nitrogens with one attached hydrogen (secondary N) is 1. The first-order valence-corrected chi connectivity index (χ1v) is 14.6. The standard InChI is InChI=1S/C23H31N5O4S2/c24-21(30)23(28-10-2-1-3-11-28)8-12-27(13-9-23)20(29)16-4-6-17(7-5-16)25-22-26-18-14-34(31,32)15-19(18)33-22/h4-7,18-19H,1-3,8-15H2,(H2,24,30)(H,25,26). The maximum Gasteiger partial charge on any atom is 0.253 e. The lowest BCUT2D eigenvalue weighted by Gasteiger charge is -2.48. The van der Waals surface area contributed by atoms with Crippen molar-refractivity contribution in [1.82, 2.24) is 9.80 Å². The Hall–Kier alpha value is -2.11. The summed E-state index contributed by atoms with van der Waals surface area (Å²) in [7, 11) is -2.97. The summed E-state index contributed by atoms with van der Waals surface area (Å²) >= 11 is 1.47. The third kappa shape index (κ3) is 4.57. The number of carbonyl (C=O) groups is 2. The van der Waals surface area contributed by atoms with Crippen molar-refractivity contribution in [2.45, 2.75) is 48.9 Å². The van der Waals surface area contributed by atoms with Crippen LogP contribution in [-0.2, 0) is 14.6 Å². The molecule has 4 aliphatic heterocycles. The highest BCUT2D eigenvalue weighted by molar-refractivity contribution is 8.15. The van der Waals surface area contributed by atoms with Gasteiger partial charge in [0.05, 0.1) is 17.5 Å². The first kappa shape index (κ1) is 23.6. The number of amides is 2. The van der Waals surface area contributed by atoms with Crippen molar-refractivity contribution in [3.8, 4) is 0 Å². The molecule has 0 aliphatic carbocycles. The molecule has 184 valence electrons. The molecule has 3 N–H and O–H groups in total. The Balaban J connectivity index is 1.19. The van der Waals surface area contributed by atoms with E-state index in [1.807, 2.05) is 17.0 Å². The van der Waals surface area contributed by atoms with Gasteiger partial charge in [-0.2, -0.15) is 0 Å². The van der Waals surface area contributed by atoms with Crippen molar-refractivity contribution in [1.29, 1.82) is 0 Å². The quantitative estimate of drug-likeness (QED) is 0.632. The van der Waals surface area contributed by atoms with E-state index in [0.29, 0.717) is 31.5 Å². The van der Waals surface area contributed by atoms with E-state index in [-0.39, 0.29) is 34.6 Å². The molecular weight excluding hydrogens is 474 g/mol. The lowest BCUT2D eigenvalue weighted by atomic mass is 9.83. The number of piperidine rings is 2. The van der Waals surface area contributed by atoms with Crippen LogP contribution < -0.4 is 11.1 Å². The number of hydrogen-bond acceptors (Lipinski definition) is 8. The van der Waals surface area contributed by atoms with Gasteiger partial charge in [0.15, 0.2) is 15.0 Å². The molecule has 4 heterocycles. The minimum absolute atomic E-state index is 0.00934. The highest BCUT2D eigenvalue weighted by atomic mass is 32.2. The summed E-state index contributed by atoms with van der Waals surface area (Å²) in [5.41, 5.74) is 6.63. The van der Waals surface area contributed by atoms with Crippen molar-refractivity contribution >= 4 is 44.3 Å². The molecule has 2 atom stereocenters. The fourth-order valence-electron chi connectivity index (χ4n) is 5.54. The minimum atomic E-state index is -2.97. The second kappa shape index (κ2) is 9.16. The summed E-state index contributed by atoms with van der Waals surface area (Å²) < 4.78 is 23.5. The number of likely N-dealkylation sites (tertiary alicyclic amines) is 2. The number of benzene rings is 1. The van der Waals surface area contributed by atoms with Gasteiger partial charge in [-0.05, 0) is 63.0 Å². The lowest BCUT2D eigenvalue weighted by molar-refractivity contribution is -0.134. The Morgan fingerprint density at radius 2 is 1.71 bits per heavy atom. The second-order valence-corrected chi connectivity index (χ2v) is 13.1. The van der Waals surface area contributed by atoms with Gasteiger partial charge in [-0.15, -0.1) is 0 Å². The molecule has 0 saturated carbocycles. The third-order valence-corrected chi connectivity index (χ3v) is 10.6. The van der Waals surface area contributed by atoms with Crippen LogP contribution in [0.5, 0.6) is 0 Å². The van der Waals surface area contributed by atoms with Crippen LogP contribution in [0.25, 0.3) is 0 Å². The first-order chi connectivity index (χ1) is 16.3. The van der Waals surface area contributed by atoms with Gasteiger partial charge in [0.25, 0.3) is 5.91 Å². The van der Waals surface area contributed by atoms with Crippen LogP contribution >= 0.6 is 11.8 Å². The molecule has 4 aliphatic rings. The molecule has 2 unspecified atom stereocenters. The van der Waals surface area contributed by atoms with Crippen molar-refractivity contribution in [3.05, 3.63) is 29.8 Å². The summed E-state index contributed by atoms with van der Waals surface area (Å²) in [5, 5.41) is 3.95. The number of hydrogen-bond donors (Lipinski definition) is 2. The Kier molecular flexibility index (Phi) is 6.36. The van der Waals surface area contributed by atoms with Crippen LogP contribution in [0.2, 0.25) is 0 Å². The van der Waals surface area contributed by atoms with Crippen molar-refractivity contribution in [2.24, 2.45) is 10.7 Å². The van der Waals surface area contributed by atoms with E-state index in [9.17, 15) is 18.0 Å². The number of sulfone groups is 1. The first-order valence-electron chi connectivity index (χ1n) is 11.9. The normalized spacial score (nSPS) is 28.2. The summed E-state index contributed by atoms with van der Waals surface area (Å²) in [6.45, 7) is 2.81. The van der Waals surface area contributed by atoms with Gasteiger partial charge >= 0.3 is 0 Å². The smallest absolute Gasteiger partial charge is 0.253 e. The molecular formula is C23H31N5O4S2. The number of thioether (sulfide) groups is 1. The van der Waals surface area contributed by atoms with E-state index >= 15 is 0 Å². The number of carbonyl (C=O) groups excluding carboxylic acids is 2. The van der Waals surface area contributed by atoms with E-state index in [4.69, 9.17) is 5.73 Å². The van der Waals surface area contributed by atoms with Crippen molar-refractivity contribution in [2.75, 3.05) is 43.0 Å². The average Bonchev–Trinajstić information content (AvgIpc) is 3.32. The summed E-state index contributed by atoms with van der Waals surface area (Å²) in [6.07, 6.45) is 4.51. The zero-order valence-corrected chi connectivity index (χ0v) is 20.7. The highest BCUT2D eigenvalue weighted by Gasteiger charge is 2.46. The van der Waals surface area contributed by atoms with E-state index in [1.54, 1.807) is 12.1 Å². The zero-order chi connectivity index (χ0) is 23.9. The molecule has 11 heteroatoms. The molecule has 2 amide bonds. The molecule has 3 saturated heterocycles. The van der Waals surface area contributed by atoms with Crippen LogP contribution in [-0.4, -0.2) is 89.7 Å². The Labute approximate surface area is 204 Å². The molecule has 0 radical (unpaired) electrons. The Morgan fingerprint density at radius 1 is 1.03 bits per heavy atom. The van der Waals surface area contributed by atoms with E-state index in [0.717, 1.165) is 36.8 Å². The number of amidine groups is 1. The second-order valence-electron chi connectivity index (χ2n) is 9.67. The van der Waals surface area contributed by atoms with Crippen LogP contribution in [0.3, 0.4) is 0 Å². The number of fused-ring (bicyclic) bond motifs is 1. The third-order valence-electron chi connectivity index (χ3n) is 7.50. The Bertz CT molecular complexity index is 1090. The maximum absolute atomic E-state index is 13.1. The summed E-state index contributed by atoms with van der Waals surface area (Å²) in [4.78, 5) is 34.1. The molecule has 5 rings (SSSR count). The summed E-state index contributed by atoms with van der Waals surface area (Å²) in [5.74, 6) is -0.0230. The minimum Gasteiger partial charge on any atom is -0.368 e. The zero-order valence-electron chi connectivity index (χ0n) is 19.1.